The van der Waals surface area contributed by atoms with Gasteiger partial charge in [-0.25, -0.2) is 19.6 Å². The molecule has 9 nitrogen and oxygen atoms in total. The number of urea groups is 1. The van der Waals surface area contributed by atoms with E-state index in [1.165, 1.54) is 9.80 Å². The highest BCUT2D eigenvalue weighted by atomic mass is 16.5. The number of nitrogens with two attached hydrogens (primary N) is 1. The SMILES string of the molecule is COc1ccc(N2Cc3cnc(N(C(=O)CN)c4ccccc4)nc3N(c3ccccc3)C2=O)cc1. The summed E-state index contributed by atoms with van der Waals surface area (Å²) in [5.41, 5.74) is 8.37. The van der Waals surface area contributed by atoms with Crippen LogP contribution in [0.4, 0.5) is 33.6 Å². The highest BCUT2D eigenvalue weighted by Crippen LogP contribution is 2.37. The largest absolute Gasteiger partial charge is 0.497 e. The van der Waals surface area contributed by atoms with Gasteiger partial charge in [0.05, 0.1) is 31.6 Å². The number of amides is 3. The van der Waals surface area contributed by atoms with Crippen molar-refractivity contribution in [1.29, 1.82) is 0 Å². The third-order valence-electron chi connectivity index (χ3n) is 5.83. The molecule has 0 unspecified atom stereocenters. The van der Waals surface area contributed by atoms with Crippen molar-refractivity contribution >= 4 is 40.8 Å². The van der Waals surface area contributed by atoms with E-state index >= 15 is 0 Å². The molecular formula is C27H24N6O3. The Morgan fingerprint density at radius 1 is 0.972 bits per heavy atom. The van der Waals surface area contributed by atoms with Gasteiger partial charge in [0.2, 0.25) is 11.9 Å². The molecule has 0 aliphatic carbocycles. The van der Waals surface area contributed by atoms with Crippen molar-refractivity contribution in [3.63, 3.8) is 0 Å². The van der Waals surface area contributed by atoms with E-state index in [1.54, 1.807) is 42.5 Å². The van der Waals surface area contributed by atoms with Gasteiger partial charge in [-0.1, -0.05) is 36.4 Å². The summed E-state index contributed by atoms with van der Waals surface area (Å²) in [6.45, 7) is 0.0438. The van der Waals surface area contributed by atoms with Gasteiger partial charge < -0.3 is 10.5 Å². The molecule has 2 heterocycles. The fourth-order valence-electron chi connectivity index (χ4n) is 4.06. The predicted molar refractivity (Wildman–Crippen MR) is 138 cm³/mol. The number of anilines is 5. The minimum absolute atomic E-state index is 0.141. The summed E-state index contributed by atoms with van der Waals surface area (Å²) >= 11 is 0. The second-order valence-corrected chi connectivity index (χ2v) is 8.03. The van der Waals surface area contributed by atoms with Crippen molar-refractivity contribution in [2.75, 3.05) is 28.4 Å². The average Bonchev–Trinajstić information content (AvgIpc) is 2.94. The van der Waals surface area contributed by atoms with Crippen LogP contribution in [0, 0.1) is 0 Å². The molecule has 3 amide bonds. The number of benzene rings is 3. The molecule has 5 rings (SSSR count). The van der Waals surface area contributed by atoms with E-state index < -0.39 is 0 Å². The van der Waals surface area contributed by atoms with Gasteiger partial charge in [-0.15, -0.1) is 0 Å². The van der Waals surface area contributed by atoms with Crippen molar-refractivity contribution in [2.24, 2.45) is 5.73 Å². The molecule has 0 saturated heterocycles. The lowest BCUT2D eigenvalue weighted by Crippen LogP contribution is -2.46. The molecule has 1 aromatic heterocycles. The second kappa shape index (κ2) is 9.85. The number of methoxy groups -OCH3 is 1. The van der Waals surface area contributed by atoms with Gasteiger partial charge in [0.15, 0.2) is 5.82 Å². The van der Waals surface area contributed by atoms with Crippen molar-refractivity contribution in [2.45, 2.75) is 6.54 Å². The zero-order valence-corrected chi connectivity index (χ0v) is 19.6. The third-order valence-corrected chi connectivity index (χ3v) is 5.83. The highest BCUT2D eigenvalue weighted by molar-refractivity contribution is 6.10. The molecule has 4 aromatic rings. The molecule has 0 spiro atoms. The summed E-state index contributed by atoms with van der Waals surface area (Å²) in [5.74, 6) is 0.880. The maximum Gasteiger partial charge on any atom is 0.335 e. The van der Waals surface area contributed by atoms with E-state index in [2.05, 4.69) is 4.98 Å². The molecular weight excluding hydrogens is 456 g/mol. The monoisotopic (exact) mass is 480 g/mol. The first-order valence-electron chi connectivity index (χ1n) is 11.4. The molecule has 2 N–H and O–H groups in total. The first kappa shape index (κ1) is 23.0. The summed E-state index contributed by atoms with van der Waals surface area (Å²) in [6.07, 6.45) is 1.65. The van der Waals surface area contributed by atoms with Gasteiger partial charge in [-0.2, -0.15) is 4.98 Å². The first-order chi connectivity index (χ1) is 17.6. The Morgan fingerprint density at radius 2 is 1.64 bits per heavy atom. The van der Waals surface area contributed by atoms with Gasteiger partial charge in [-0.3, -0.25) is 9.69 Å². The van der Waals surface area contributed by atoms with Gasteiger partial charge >= 0.3 is 6.03 Å². The molecule has 9 heteroatoms. The Labute approximate surface area is 208 Å². The number of fused-ring (bicyclic) bond motifs is 1. The summed E-state index contributed by atoms with van der Waals surface area (Å²) in [6, 6.07) is 25.3. The lowest BCUT2D eigenvalue weighted by molar-refractivity contribution is -0.116. The predicted octanol–water partition coefficient (Wildman–Crippen LogP) is 4.39. The molecule has 0 radical (unpaired) electrons. The number of nitrogens with zero attached hydrogens (tertiary/aromatic N) is 5. The number of aromatic nitrogens is 2. The van der Waals surface area contributed by atoms with Crippen LogP contribution >= 0.6 is 0 Å². The first-order valence-corrected chi connectivity index (χ1v) is 11.4. The van der Waals surface area contributed by atoms with Gasteiger partial charge in [0.1, 0.15) is 5.75 Å². The third kappa shape index (κ3) is 4.23. The van der Waals surface area contributed by atoms with Gasteiger partial charge in [0.25, 0.3) is 0 Å². The van der Waals surface area contributed by atoms with Crippen LogP contribution in [0.15, 0.2) is 91.1 Å². The number of carbonyl (C=O) groups excluding carboxylic acids is 2. The summed E-state index contributed by atoms with van der Waals surface area (Å²) in [5, 5.41) is 0. The Hall–Kier alpha value is -4.76. The lowest BCUT2D eigenvalue weighted by Gasteiger charge is -2.36. The minimum atomic E-state index is -0.366. The highest BCUT2D eigenvalue weighted by Gasteiger charge is 2.35. The normalized spacial score (nSPS) is 12.8. The number of hydrogen-bond acceptors (Lipinski definition) is 6. The van der Waals surface area contributed by atoms with Crippen LogP contribution in [0.25, 0.3) is 0 Å². The number of ether oxygens (including phenoxy) is 1. The Morgan fingerprint density at radius 3 is 2.28 bits per heavy atom. The maximum absolute atomic E-state index is 13.8. The number of rotatable bonds is 6. The molecule has 1 aliphatic heterocycles. The quantitative estimate of drug-likeness (QED) is 0.439. The Bertz CT molecular complexity index is 1380. The van der Waals surface area contributed by atoms with Gasteiger partial charge in [0, 0.05) is 17.4 Å². The van der Waals surface area contributed by atoms with E-state index in [1.807, 2.05) is 60.7 Å². The van der Waals surface area contributed by atoms with Crippen molar-refractivity contribution in [3.8, 4) is 5.75 Å². The standard InChI is InChI=1S/C27H24N6O3/c1-36-23-14-12-20(13-15-23)31-18-19-17-29-26(32(24(34)16-28)21-8-4-2-5-9-21)30-25(19)33(27(31)35)22-10-6-3-7-11-22/h2-15,17H,16,18,28H2,1H3. The van der Waals surface area contributed by atoms with Crippen LogP contribution in [-0.4, -0.2) is 35.6 Å². The van der Waals surface area contributed by atoms with Crippen LogP contribution in [0.2, 0.25) is 0 Å². The van der Waals surface area contributed by atoms with Crippen LogP contribution in [0.1, 0.15) is 5.56 Å². The lowest BCUT2D eigenvalue weighted by atomic mass is 10.1. The summed E-state index contributed by atoms with van der Waals surface area (Å²) < 4.78 is 5.26. The molecule has 0 fully saturated rings. The van der Waals surface area contributed by atoms with E-state index in [0.717, 1.165) is 5.56 Å². The Balaban J connectivity index is 1.63. The zero-order chi connectivity index (χ0) is 25.1. The molecule has 3 aromatic carbocycles. The summed E-state index contributed by atoms with van der Waals surface area (Å²) in [7, 11) is 1.59. The fourth-order valence-corrected chi connectivity index (χ4v) is 4.06. The van der Waals surface area contributed by atoms with E-state index in [4.69, 9.17) is 15.5 Å². The fraction of sp³-hybridized carbons (Fsp3) is 0.111. The minimum Gasteiger partial charge on any atom is -0.497 e. The van der Waals surface area contributed by atoms with Crippen molar-refractivity contribution in [3.05, 3.63) is 96.7 Å². The second-order valence-electron chi connectivity index (χ2n) is 8.03. The Kier molecular flexibility index (Phi) is 6.29. The molecule has 180 valence electrons. The number of hydrogen-bond donors (Lipinski definition) is 1. The molecule has 0 saturated carbocycles. The van der Waals surface area contributed by atoms with E-state index in [9.17, 15) is 9.59 Å². The molecule has 36 heavy (non-hydrogen) atoms. The van der Waals surface area contributed by atoms with Crippen LogP contribution < -0.4 is 25.2 Å². The maximum atomic E-state index is 13.8. The van der Waals surface area contributed by atoms with Crippen molar-refractivity contribution < 1.29 is 14.3 Å². The molecule has 1 aliphatic rings. The van der Waals surface area contributed by atoms with Crippen molar-refractivity contribution in [1.82, 2.24) is 9.97 Å². The van der Waals surface area contributed by atoms with Gasteiger partial charge in [-0.05, 0) is 48.5 Å². The summed E-state index contributed by atoms with van der Waals surface area (Å²) in [4.78, 5) is 40.4. The topological polar surface area (TPSA) is 105 Å². The average molecular weight is 481 g/mol. The van der Waals surface area contributed by atoms with E-state index in [-0.39, 0.29) is 31.0 Å². The van der Waals surface area contributed by atoms with Crippen LogP contribution in [-0.2, 0) is 11.3 Å². The van der Waals surface area contributed by atoms with Crippen LogP contribution in [0.3, 0.4) is 0 Å². The number of carbonyl (C=O) groups is 2. The molecule has 0 bridgehead atoms. The number of para-hydroxylation sites is 2. The smallest absolute Gasteiger partial charge is 0.335 e. The van der Waals surface area contributed by atoms with E-state index in [0.29, 0.717) is 28.6 Å². The molecule has 0 atom stereocenters. The van der Waals surface area contributed by atoms with Crippen LogP contribution in [0.5, 0.6) is 5.75 Å². The zero-order valence-electron chi connectivity index (χ0n) is 19.6.